The van der Waals surface area contributed by atoms with Crippen molar-refractivity contribution in [3.05, 3.63) is 54.6 Å². The lowest BCUT2D eigenvalue weighted by Gasteiger charge is -1.99. The van der Waals surface area contributed by atoms with Crippen LogP contribution in [0.15, 0.2) is 54.6 Å². The van der Waals surface area contributed by atoms with Crippen molar-refractivity contribution >= 4 is 21.4 Å². The summed E-state index contributed by atoms with van der Waals surface area (Å²) in [5.74, 6) is 0.953. The quantitative estimate of drug-likeness (QED) is 0.637. The summed E-state index contributed by atoms with van der Waals surface area (Å²) in [7, 11) is 1.72. The van der Waals surface area contributed by atoms with Gasteiger partial charge >= 0.3 is 0 Å². The maximum atomic E-state index is 5.39. The number of hydrogen-bond acceptors (Lipinski definition) is 2. The average molecular weight is 240 g/mol. The normalized spacial score (nSPS) is 10.6. The van der Waals surface area contributed by atoms with Gasteiger partial charge in [-0.05, 0) is 23.1 Å². The molecule has 0 saturated carbocycles. The lowest BCUT2D eigenvalue weighted by molar-refractivity contribution is 0.420. The second kappa shape index (κ2) is 4.22. The van der Waals surface area contributed by atoms with Gasteiger partial charge in [-0.25, -0.2) is 0 Å². The van der Waals surface area contributed by atoms with Gasteiger partial charge in [-0.2, -0.15) is 0 Å². The van der Waals surface area contributed by atoms with E-state index in [1.807, 2.05) is 18.2 Å². The minimum absolute atomic E-state index is 0.953. The third kappa shape index (κ3) is 1.81. The van der Waals surface area contributed by atoms with Gasteiger partial charge < -0.3 is 4.74 Å². The van der Waals surface area contributed by atoms with Crippen molar-refractivity contribution in [1.82, 2.24) is 0 Å². The molecule has 0 bridgehead atoms. The zero-order valence-electron chi connectivity index (χ0n) is 9.51. The molecule has 0 unspecified atom stereocenters. The van der Waals surface area contributed by atoms with Crippen LogP contribution in [0, 0.1) is 0 Å². The third-order valence-corrected chi connectivity index (χ3v) is 4.00. The van der Waals surface area contributed by atoms with Gasteiger partial charge in [0, 0.05) is 4.88 Å². The van der Waals surface area contributed by atoms with Crippen molar-refractivity contribution in [1.29, 1.82) is 0 Å². The van der Waals surface area contributed by atoms with E-state index in [4.69, 9.17) is 4.74 Å². The summed E-state index contributed by atoms with van der Waals surface area (Å²) in [6, 6.07) is 18.8. The molecule has 2 heteroatoms. The second-order valence-electron chi connectivity index (χ2n) is 3.86. The summed E-state index contributed by atoms with van der Waals surface area (Å²) in [6.07, 6.45) is 0. The van der Waals surface area contributed by atoms with Crippen molar-refractivity contribution in [2.75, 3.05) is 7.11 Å². The Bertz CT molecular complexity index is 640. The van der Waals surface area contributed by atoms with E-state index in [1.165, 1.54) is 20.5 Å². The van der Waals surface area contributed by atoms with Crippen LogP contribution >= 0.6 is 11.3 Å². The summed E-state index contributed by atoms with van der Waals surface area (Å²) in [5, 5.41) is 1.24. The van der Waals surface area contributed by atoms with E-state index in [2.05, 4.69) is 36.4 Å². The molecule has 0 N–H and O–H groups in total. The molecule has 84 valence electrons. The molecular formula is C15H12OS. The molecule has 0 radical (unpaired) electrons. The van der Waals surface area contributed by atoms with Gasteiger partial charge in [0.1, 0.15) is 5.75 Å². The first-order valence-electron chi connectivity index (χ1n) is 5.50. The minimum atomic E-state index is 0.953. The van der Waals surface area contributed by atoms with Gasteiger partial charge in [-0.3, -0.25) is 0 Å². The van der Waals surface area contributed by atoms with E-state index in [9.17, 15) is 0 Å². The molecule has 0 atom stereocenters. The molecule has 0 aliphatic rings. The number of hydrogen-bond donors (Lipinski definition) is 0. The Balaban J connectivity index is 2.20. The van der Waals surface area contributed by atoms with Gasteiger partial charge in [0.2, 0.25) is 0 Å². The smallest absolute Gasteiger partial charge is 0.136 e. The van der Waals surface area contributed by atoms with Crippen LogP contribution in [0.4, 0.5) is 0 Å². The topological polar surface area (TPSA) is 9.23 Å². The van der Waals surface area contributed by atoms with Gasteiger partial charge in [0.05, 0.1) is 11.8 Å². The second-order valence-corrected chi connectivity index (χ2v) is 4.91. The van der Waals surface area contributed by atoms with Gasteiger partial charge in [-0.1, -0.05) is 42.5 Å². The molecule has 0 aliphatic heterocycles. The van der Waals surface area contributed by atoms with E-state index in [0.717, 1.165) is 5.75 Å². The van der Waals surface area contributed by atoms with Gasteiger partial charge in [0.25, 0.3) is 0 Å². The zero-order chi connectivity index (χ0) is 11.7. The molecule has 0 aliphatic carbocycles. The molecular weight excluding hydrogens is 228 g/mol. The number of rotatable bonds is 2. The monoisotopic (exact) mass is 240 g/mol. The Hall–Kier alpha value is -1.80. The first-order valence-corrected chi connectivity index (χ1v) is 6.32. The maximum absolute atomic E-state index is 5.39. The largest absolute Gasteiger partial charge is 0.495 e. The van der Waals surface area contributed by atoms with E-state index in [1.54, 1.807) is 18.4 Å². The first kappa shape index (κ1) is 10.4. The highest BCUT2D eigenvalue weighted by Crippen LogP contribution is 2.38. The van der Waals surface area contributed by atoms with Crippen LogP contribution in [0.25, 0.3) is 20.5 Å². The Morgan fingerprint density at radius 2 is 1.76 bits per heavy atom. The molecule has 3 aromatic rings. The first-order chi connectivity index (χ1) is 8.38. The highest BCUT2D eigenvalue weighted by Gasteiger charge is 2.07. The van der Waals surface area contributed by atoms with Crippen LogP contribution in [0.5, 0.6) is 5.75 Å². The van der Waals surface area contributed by atoms with Crippen molar-refractivity contribution in [3.8, 4) is 16.2 Å². The standard InChI is InChI=1S/C15H12OS/c1-16-13-9-5-8-12-10-14(17-15(12)13)11-6-3-2-4-7-11/h2-10H,1H3. The summed E-state index contributed by atoms with van der Waals surface area (Å²) in [6.45, 7) is 0. The Kier molecular flexibility index (Phi) is 2.57. The van der Waals surface area contributed by atoms with E-state index in [-0.39, 0.29) is 0 Å². The molecule has 0 spiro atoms. The lowest BCUT2D eigenvalue weighted by Crippen LogP contribution is -1.80. The fourth-order valence-corrected chi connectivity index (χ4v) is 3.10. The fraction of sp³-hybridized carbons (Fsp3) is 0.0667. The molecule has 1 heterocycles. The highest BCUT2D eigenvalue weighted by atomic mass is 32.1. The molecule has 17 heavy (non-hydrogen) atoms. The molecule has 0 saturated heterocycles. The Labute approximate surface area is 104 Å². The van der Waals surface area contributed by atoms with Crippen LogP contribution < -0.4 is 4.74 Å². The SMILES string of the molecule is COc1cccc2cc(-c3ccccc3)sc12. The molecule has 0 amide bonds. The Morgan fingerprint density at radius 3 is 2.53 bits per heavy atom. The van der Waals surface area contributed by atoms with E-state index >= 15 is 0 Å². The summed E-state index contributed by atoms with van der Waals surface area (Å²) in [4.78, 5) is 1.28. The van der Waals surface area contributed by atoms with Crippen molar-refractivity contribution in [3.63, 3.8) is 0 Å². The fourth-order valence-electron chi connectivity index (χ4n) is 1.94. The predicted molar refractivity (Wildman–Crippen MR) is 73.8 cm³/mol. The number of thiophene rings is 1. The average Bonchev–Trinajstić information content (AvgIpc) is 2.83. The summed E-state index contributed by atoms with van der Waals surface area (Å²) < 4.78 is 6.60. The van der Waals surface area contributed by atoms with Crippen molar-refractivity contribution in [2.45, 2.75) is 0 Å². The predicted octanol–water partition coefficient (Wildman–Crippen LogP) is 4.58. The van der Waals surface area contributed by atoms with Crippen LogP contribution in [0.1, 0.15) is 0 Å². The molecule has 2 aromatic carbocycles. The van der Waals surface area contributed by atoms with Crippen LogP contribution in [0.2, 0.25) is 0 Å². The molecule has 0 fully saturated rings. The van der Waals surface area contributed by atoms with Gasteiger partial charge in [0.15, 0.2) is 0 Å². The summed E-state index contributed by atoms with van der Waals surface area (Å²) in [5.41, 5.74) is 1.26. The third-order valence-electron chi connectivity index (χ3n) is 2.79. The van der Waals surface area contributed by atoms with Crippen LogP contribution in [0.3, 0.4) is 0 Å². The molecule has 1 aromatic heterocycles. The number of benzene rings is 2. The van der Waals surface area contributed by atoms with Crippen molar-refractivity contribution < 1.29 is 4.74 Å². The maximum Gasteiger partial charge on any atom is 0.136 e. The lowest BCUT2D eigenvalue weighted by atomic mass is 10.1. The molecule has 1 nitrogen and oxygen atoms in total. The minimum Gasteiger partial charge on any atom is -0.495 e. The highest BCUT2D eigenvalue weighted by molar-refractivity contribution is 7.22. The summed E-state index contributed by atoms with van der Waals surface area (Å²) >= 11 is 1.78. The van der Waals surface area contributed by atoms with Crippen molar-refractivity contribution in [2.24, 2.45) is 0 Å². The number of fused-ring (bicyclic) bond motifs is 1. The zero-order valence-corrected chi connectivity index (χ0v) is 10.3. The number of ether oxygens (including phenoxy) is 1. The van der Waals surface area contributed by atoms with E-state index in [0.29, 0.717) is 0 Å². The van der Waals surface area contributed by atoms with Crippen LogP contribution in [-0.2, 0) is 0 Å². The molecule has 3 rings (SSSR count). The van der Waals surface area contributed by atoms with Gasteiger partial charge in [-0.15, -0.1) is 11.3 Å². The van der Waals surface area contributed by atoms with Crippen LogP contribution in [-0.4, -0.2) is 7.11 Å². The number of methoxy groups -OCH3 is 1. The van der Waals surface area contributed by atoms with E-state index < -0.39 is 0 Å². The Morgan fingerprint density at radius 1 is 0.941 bits per heavy atom.